The van der Waals surface area contributed by atoms with E-state index in [0.717, 1.165) is 42.7 Å². The van der Waals surface area contributed by atoms with E-state index in [2.05, 4.69) is 242 Å². The van der Waals surface area contributed by atoms with Crippen LogP contribution in [-0.2, 0) is 11.8 Å². The first-order valence-corrected chi connectivity index (χ1v) is 22.9. The van der Waals surface area contributed by atoms with Gasteiger partial charge in [0.25, 0.3) is 0 Å². The Kier molecular flexibility index (Phi) is 10.2. The molecule has 0 spiro atoms. The fourth-order valence-electron chi connectivity index (χ4n) is 10.9. The van der Waals surface area contributed by atoms with Crippen molar-refractivity contribution in [1.29, 1.82) is 0 Å². The lowest BCUT2D eigenvalue weighted by atomic mass is 9.72. The summed E-state index contributed by atoms with van der Waals surface area (Å²) in [6, 6.07) is 53.9. The van der Waals surface area contributed by atoms with Crippen LogP contribution in [0.3, 0.4) is 0 Å². The molecule has 11 rings (SSSR count). The third-order valence-corrected chi connectivity index (χ3v) is 14.2. The molecule has 0 aromatic heterocycles. The monoisotopic (exact) mass is 814 g/mol. The van der Waals surface area contributed by atoms with Gasteiger partial charge < -0.3 is 9.80 Å². The minimum absolute atomic E-state index is 0.0635. The third-order valence-electron chi connectivity index (χ3n) is 14.2. The van der Waals surface area contributed by atoms with Crippen LogP contribution in [0.4, 0.5) is 28.4 Å². The third kappa shape index (κ3) is 7.18. The Bertz CT molecular complexity index is 2850. The molecule has 6 aromatic rings. The average Bonchev–Trinajstić information content (AvgIpc) is 3.58. The van der Waals surface area contributed by atoms with Crippen LogP contribution in [0.2, 0.25) is 0 Å². The Balaban J connectivity index is 0.946. The summed E-state index contributed by atoms with van der Waals surface area (Å²) in [6.07, 6.45) is 32.6. The highest BCUT2D eigenvalue weighted by atomic mass is 15.2. The summed E-state index contributed by atoms with van der Waals surface area (Å²) in [4.78, 5) is 5.06. The molecule has 5 aliphatic rings. The van der Waals surface area contributed by atoms with Gasteiger partial charge in [-0.25, -0.2) is 0 Å². The average molecular weight is 815 g/mol. The van der Waals surface area contributed by atoms with Crippen LogP contribution in [0, 0.1) is 5.92 Å². The fraction of sp³-hybridized carbons (Fsp3) is 0.180. The quantitative estimate of drug-likeness (QED) is 0.143. The largest absolute Gasteiger partial charge is 0.333 e. The molecule has 6 aromatic carbocycles. The molecule has 0 aliphatic heterocycles. The van der Waals surface area contributed by atoms with E-state index >= 15 is 0 Å². The topological polar surface area (TPSA) is 6.48 Å². The number of aryl methyl sites for hydroxylation is 1. The number of allylic oxidation sites excluding steroid dienone is 11. The number of para-hydroxylation sites is 2. The molecule has 308 valence electrons. The van der Waals surface area contributed by atoms with E-state index in [-0.39, 0.29) is 17.4 Å². The van der Waals surface area contributed by atoms with Gasteiger partial charge in [0.2, 0.25) is 0 Å². The van der Waals surface area contributed by atoms with Gasteiger partial charge in [-0.05, 0) is 130 Å². The zero-order chi connectivity index (χ0) is 42.3. The zero-order valence-electron chi connectivity index (χ0n) is 36.3. The first kappa shape index (κ1) is 39.0. The summed E-state index contributed by atoms with van der Waals surface area (Å²) in [5, 5.41) is 0. The summed E-state index contributed by atoms with van der Waals surface area (Å²) in [5.74, 6) is 1.01. The predicted octanol–water partition coefficient (Wildman–Crippen LogP) is 15.9. The molecule has 2 heteroatoms. The van der Waals surface area contributed by atoms with Crippen molar-refractivity contribution in [2.24, 2.45) is 5.92 Å². The summed E-state index contributed by atoms with van der Waals surface area (Å²) >= 11 is 0. The first-order valence-electron chi connectivity index (χ1n) is 22.9. The highest BCUT2D eigenvalue weighted by Gasteiger charge is 2.48. The van der Waals surface area contributed by atoms with Crippen molar-refractivity contribution in [3.8, 4) is 0 Å². The second-order valence-corrected chi connectivity index (χ2v) is 18.3. The standard InChI is InChI=1S/C61H54N2/c1-61(2)57-41-48(47-31-36-53(37-32-47)62(50-22-11-5-12-23-50)52-34-27-45(28-35-52)43-17-7-3-8-18-43)33-40-56(57)59-58(61)42-49-21-15-16-26-55(49)60(59)63(51-24-13-6-14-25-51)54-38-29-46(30-39-54)44-19-9-4-10-20-44/h3-14,16-17,19-20,22-38,40-43,54,56-57H,15,18,21,39H2,1-2H3. The van der Waals surface area contributed by atoms with Gasteiger partial charge in [0.15, 0.2) is 0 Å². The summed E-state index contributed by atoms with van der Waals surface area (Å²) in [7, 11) is 0. The van der Waals surface area contributed by atoms with Crippen molar-refractivity contribution in [3.05, 3.63) is 251 Å². The molecule has 0 N–H and O–H groups in total. The van der Waals surface area contributed by atoms with Crippen molar-refractivity contribution in [2.45, 2.75) is 62.8 Å². The van der Waals surface area contributed by atoms with Crippen LogP contribution in [0.25, 0.3) is 17.2 Å². The van der Waals surface area contributed by atoms with E-state index in [1.807, 2.05) is 0 Å². The van der Waals surface area contributed by atoms with Gasteiger partial charge in [-0.2, -0.15) is 0 Å². The highest BCUT2D eigenvalue weighted by Crippen LogP contribution is 2.59. The van der Waals surface area contributed by atoms with Crippen molar-refractivity contribution in [1.82, 2.24) is 0 Å². The summed E-state index contributed by atoms with van der Waals surface area (Å²) in [6.45, 7) is 4.99. The van der Waals surface area contributed by atoms with Gasteiger partial charge in [0.05, 0.1) is 11.7 Å². The van der Waals surface area contributed by atoms with E-state index < -0.39 is 0 Å². The number of benzene rings is 6. The Morgan fingerprint density at radius 2 is 1.22 bits per heavy atom. The molecule has 5 aliphatic carbocycles. The Labute approximate surface area is 374 Å². The van der Waals surface area contributed by atoms with E-state index in [1.165, 1.54) is 61.5 Å². The SMILES string of the molecule is CC1(C)c2cc3c(c(N(c4ccccc4)C4C=CC(c5ccccc5)=CC4)c2C2C=CC(c4ccc(N(c5ccccc5)c5ccc(C6C=CC=CC6)cc5)cc4)=CC21)C=CCC3. The maximum atomic E-state index is 2.68. The van der Waals surface area contributed by atoms with Gasteiger partial charge in [-0.15, -0.1) is 0 Å². The number of fused-ring (bicyclic) bond motifs is 4. The number of hydrogen-bond acceptors (Lipinski definition) is 2. The molecule has 0 saturated heterocycles. The maximum Gasteiger partial charge on any atom is 0.0560 e. The molecule has 2 nitrogen and oxygen atoms in total. The lowest BCUT2D eigenvalue weighted by Crippen LogP contribution is -2.32. The fourth-order valence-corrected chi connectivity index (χ4v) is 10.9. The van der Waals surface area contributed by atoms with Gasteiger partial charge in [0, 0.05) is 40.1 Å². The van der Waals surface area contributed by atoms with Crippen LogP contribution in [0.15, 0.2) is 212 Å². The van der Waals surface area contributed by atoms with Crippen LogP contribution in [0.1, 0.15) is 83.9 Å². The molecular weight excluding hydrogens is 761 g/mol. The maximum absolute atomic E-state index is 2.68. The normalized spacial score (nSPS) is 21.2. The van der Waals surface area contributed by atoms with E-state index in [1.54, 1.807) is 0 Å². The second kappa shape index (κ2) is 16.4. The zero-order valence-corrected chi connectivity index (χ0v) is 36.3. The first-order chi connectivity index (χ1) is 31.0. The van der Waals surface area contributed by atoms with Gasteiger partial charge in [0.1, 0.15) is 0 Å². The molecule has 0 amide bonds. The molecule has 0 bridgehead atoms. The molecule has 0 radical (unpaired) electrons. The summed E-state index contributed by atoms with van der Waals surface area (Å²) in [5.41, 5.74) is 18.4. The van der Waals surface area contributed by atoms with E-state index in [0.29, 0.717) is 11.8 Å². The number of anilines is 5. The molecule has 4 unspecified atom stereocenters. The van der Waals surface area contributed by atoms with Crippen LogP contribution < -0.4 is 9.80 Å². The molecule has 0 fully saturated rings. The van der Waals surface area contributed by atoms with Crippen LogP contribution in [0.5, 0.6) is 0 Å². The van der Waals surface area contributed by atoms with E-state index in [4.69, 9.17) is 0 Å². The highest BCUT2D eigenvalue weighted by molar-refractivity contribution is 5.87. The lowest BCUT2D eigenvalue weighted by Gasteiger charge is -2.38. The van der Waals surface area contributed by atoms with E-state index in [9.17, 15) is 0 Å². The molecule has 4 atom stereocenters. The van der Waals surface area contributed by atoms with Crippen molar-refractivity contribution < 1.29 is 0 Å². The molecular formula is C61H54N2. The predicted molar refractivity (Wildman–Crippen MR) is 267 cm³/mol. The number of hydrogen-bond donors (Lipinski definition) is 0. The van der Waals surface area contributed by atoms with Crippen molar-refractivity contribution >= 4 is 45.7 Å². The number of rotatable bonds is 9. The Morgan fingerprint density at radius 3 is 1.90 bits per heavy atom. The number of nitrogens with zero attached hydrogens (tertiary/aromatic N) is 2. The molecule has 0 saturated carbocycles. The van der Waals surface area contributed by atoms with Crippen LogP contribution >= 0.6 is 0 Å². The summed E-state index contributed by atoms with van der Waals surface area (Å²) < 4.78 is 0. The van der Waals surface area contributed by atoms with Crippen molar-refractivity contribution in [3.63, 3.8) is 0 Å². The molecule has 63 heavy (non-hydrogen) atoms. The van der Waals surface area contributed by atoms with Crippen LogP contribution in [-0.4, -0.2) is 6.04 Å². The van der Waals surface area contributed by atoms with Crippen molar-refractivity contribution in [2.75, 3.05) is 9.80 Å². The Morgan fingerprint density at radius 1 is 0.571 bits per heavy atom. The van der Waals surface area contributed by atoms with Gasteiger partial charge >= 0.3 is 0 Å². The second-order valence-electron chi connectivity index (χ2n) is 18.3. The van der Waals surface area contributed by atoms with Gasteiger partial charge in [-0.1, -0.05) is 184 Å². The minimum Gasteiger partial charge on any atom is -0.333 e. The molecule has 0 heterocycles. The Hall–Kier alpha value is -6.90. The minimum atomic E-state index is -0.0635. The van der Waals surface area contributed by atoms with Gasteiger partial charge in [-0.3, -0.25) is 0 Å². The smallest absolute Gasteiger partial charge is 0.0560 e. The lowest BCUT2D eigenvalue weighted by molar-refractivity contribution is 0.395.